The molecule has 2 aliphatic rings. The van der Waals surface area contributed by atoms with Gasteiger partial charge in [0, 0.05) is 50.4 Å². The molecule has 1 aliphatic carbocycles. The van der Waals surface area contributed by atoms with Crippen LogP contribution in [0.1, 0.15) is 28.7 Å². The van der Waals surface area contributed by atoms with Gasteiger partial charge in [0.2, 0.25) is 0 Å². The normalized spacial score (nSPS) is 15.3. The molecule has 0 aromatic heterocycles. The molecule has 9 aromatic carbocycles. The van der Waals surface area contributed by atoms with Gasteiger partial charge in [-0.25, -0.2) is 0 Å². The van der Waals surface area contributed by atoms with E-state index >= 15 is 0 Å². The van der Waals surface area contributed by atoms with Crippen LogP contribution in [0.5, 0.6) is 5.75 Å². The van der Waals surface area contributed by atoms with E-state index in [0.717, 1.165) is 45.4 Å². The van der Waals surface area contributed by atoms with Crippen LogP contribution in [0.25, 0.3) is 38.4 Å². The summed E-state index contributed by atoms with van der Waals surface area (Å²) in [5.41, 5.74) is 12.7. The fraction of sp³-hybridized carbons (Fsp3) is 0.0370. The van der Waals surface area contributed by atoms with Crippen LogP contribution in [0.4, 0.5) is 28.4 Å². The molecule has 11 rings (SSSR count). The van der Waals surface area contributed by atoms with Crippen LogP contribution in [0.3, 0.4) is 0 Å². The van der Waals surface area contributed by atoms with Crippen molar-refractivity contribution >= 4 is 55.7 Å². The van der Waals surface area contributed by atoms with Crippen LogP contribution in [-0.2, 0) is 0 Å². The second-order valence-corrected chi connectivity index (χ2v) is 14.8. The highest BCUT2D eigenvalue weighted by Crippen LogP contribution is 2.56. The smallest absolute Gasteiger partial charge is 0.135 e. The Hall–Kier alpha value is -7.36. The van der Waals surface area contributed by atoms with Crippen LogP contribution in [0, 0.1) is 0 Å². The highest BCUT2D eigenvalue weighted by molar-refractivity contribution is 6.03. The maximum Gasteiger partial charge on any atom is 0.135 e. The molecule has 3 nitrogen and oxygen atoms in total. The molecule has 1 heterocycles. The summed E-state index contributed by atoms with van der Waals surface area (Å²) in [7, 11) is 0. The van der Waals surface area contributed by atoms with Gasteiger partial charge in [0.05, 0.1) is 17.1 Å². The summed E-state index contributed by atoms with van der Waals surface area (Å²) in [6.07, 6.45) is 2.32. The topological polar surface area (TPSA) is 15.7 Å². The molecule has 0 saturated carbocycles. The fourth-order valence-electron chi connectivity index (χ4n) is 9.07. The lowest BCUT2D eigenvalue weighted by molar-refractivity contribution is 0.223. The molecule has 0 spiro atoms. The Bertz CT molecular complexity index is 2960. The van der Waals surface area contributed by atoms with Gasteiger partial charge < -0.3 is 14.5 Å². The number of anilines is 5. The van der Waals surface area contributed by atoms with Gasteiger partial charge in [0.15, 0.2) is 0 Å². The molecule has 1 aliphatic heterocycles. The number of rotatable bonds is 7. The van der Waals surface area contributed by atoms with Crippen molar-refractivity contribution in [3.05, 3.63) is 235 Å². The van der Waals surface area contributed by atoms with Gasteiger partial charge >= 0.3 is 0 Å². The van der Waals surface area contributed by atoms with Crippen LogP contribution in [-0.4, -0.2) is 0 Å². The first kappa shape index (κ1) is 33.0. The van der Waals surface area contributed by atoms with Gasteiger partial charge in [-0.1, -0.05) is 158 Å². The number of hydrogen-bond acceptors (Lipinski definition) is 3. The lowest BCUT2D eigenvalue weighted by Crippen LogP contribution is -2.23. The molecule has 0 bridgehead atoms. The van der Waals surface area contributed by atoms with E-state index in [-0.39, 0.29) is 12.0 Å². The number of hydrogen-bond donors (Lipinski definition) is 0. The minimum absolute atomic E-state index is 0.0192. The maximum atomic E-state index is 7.00. The molecule has 0 radical (unpaired) electrons. The molecule has 2 unspecified atom stereocenters. The highest BCUT2D eigenvalue weighted by Gasteiger charge is 2.42. The van der Waals surface area contributed by atoms with Gasteiger partial charge in [-0.3, -0.25) is 0 Å². The van der Waals surface area contributed by atoms with E-state index in [0.29, 0.717) is 0 Å². The summed E-state index contributed by atoms with van der Waals surface area (Å²) in [6, 6.07) is 76.2. The van der Waals surface area contributed by atoms with E-state index in [1.54, 1.807) is 0 Å². The average molecular weight is 731 g/mol. The van der Waals surface area contributed by atoms with E-state index in [1.165, 1.54) is 43.8 Å². The third-order valence-corrected chi connectivity index (χ3v) is 11.6. The first-order chi connectivity index (χ1) is 28.3. The third kappa shape index (κ3) is 5.58. The van der Waals surface area contributed by atoms with Crippen molar-refractivity contribution in [1.82, 2.24) is 0 Å². The Balaban J connectivity index is 1.09. The zero-order valence-electron chi connectivity index (χ0n) is 31.2. The predicted octanol–water partition coefficient (Wildman–Crippen LogP) is 14.5. The second kappa shape index (κ2) is 13.7. The molecule has 3 heteroatoms. The van der Waals surface area contributed by atoms with E-state index in [4.69, 9.17) is 4.74 Å². The molecule has 57 heavy (non-hydrogen) atoms. The van der Waals surface area contributed by atoms with Crippen LogP contribution < -0.4 is 14.5 Å². The Morgan fingerprint density at radius 3 is 1.65 bits per heavy atom. The van der Waals surface area contributed by atoms with Gasteiger partial charge in [0.1, 0.15) is 11.9 Å². The molecule has 270 valence electrons. The van der Waals surface area contributed by atoms with E-state index in [2.05, 4.69) is 228 Å². The summed E-state index contributed by atoms with van der Waals surface area (Å²) in [5, 5.41) is 4.84. The molecule has 0 fully saturated rings. The summed E-state index contributed by atoms with van der Waals surface area (Å²) >= 11 is 0. The van der Waals surface area contributed by atoms with Crippen LogP contribution >= 0.6 is 0 Å². The standard InChI is InChI=1S/C54H38N2O/c1-3-22-40(23-4-1)55(49-32-14-19-37-17-7-9-27-43(37)49)42-26-13-21-39(35-42)45-31-16-34-52-53(45)48-36-51(46-29-11-12-30-47(46)54(48)57-52)56(41-24-5-2-6-25-41)50-33-15-20-38-18-8-10-28-44(38)50/h1-36,48,54H. The largest absolute Gasteiger partial charge is 0.484 e. The Morgan fingerprint density at radius 2 is 0.930 bits per heavy atom. The number of para-hydroxylation sites is 2. The molecular weight excluding hydrogens is 693 g/mol. The van der Waals surface area contributed by atoms with E-state index in [9.17, 15) is 0 Å². The minimum atomic E-state index is -0.147. The summed E-state index contributed by atoms with van der Waals surface area (Å²) < 4.78 is 7.00. The molecule has 0 saturated heterocycles. The van der Waals surface area contributed by atoms with E-state index in [1.807, 2.05) is 0 Å². The first-order valence-corrected chi connectivity index (χ1v) is 19.7. The molecule has 0 amide bonds. The van der Waals surface area contributed by atoms with E-state index < -0.39 is 0 Å². The maximum absolute atomic E-state index is 7.00. The lowest BCUT2D eigenvalue weighted by atomic mass is 9.79. The number of nitrogens with zero attached hydrogens (tertiary/aromatic N) is 2. The summed E-state index contributed by atoms with van der Waals surface area (Å²) in [5.74, 6) is 0.917. The zero-order valence-corrected chi connectivity index (χ0v) is 31.2. The fourth-order valence-corrected chi connectivity index (χ4v) is 9.07. The Labute approximate surface area is 333 Å². The Kier molecular flexibility index (Phi) is 7.96. The van der Waals surface area contributed by atoms with Crippen molar-refractivity contribution in [2.45, 2.75) is 12.0 Å². The second-order valence-electron chi connectivity index (χ2n) is 14.8. The Morgan fingerprint density at radius 1 is 0.404 bits per heavy atom. The molecular formula is C54H38N2O. The quantitative estimate of drug-likeness (QED) is 0.162. The monoisotopic (exact) mass is 730 g/mol. The molecule has 9 aromatic rings. The SMILES string of the molecule is C1=C(N(c2ccccc2)c2cccc3ccccc23)c2ccccc2C2Oc3cccc(-c4cccc(N(c5ccccc5)c5cccc6ccccc56)c4)c3C12. The third-order valence-electron chi connectivity index (χ3n) is 11.6. The zero-order chi connectivity index (χ0) is 37.7. The van der Waals surface area contributed by atoms with Gasteiger partial charge in [-0.2, -0.15) is 0 Å². The molecule has 2 atom stereocenters. The first-order valence-electron chi connectivity index (χ1n) is 19.7. The minimum Gasteiger partial charge on any atom is -0.484 e. The summed E-state index contributed by atoms with van der Waals surface area (Å²) in [4.78, 5) is 4.83. The van der Waals surface area contributed by atoms with Crippen molar-refractivity contribution in [3.8, 4) is 16.9 Å². The molecule has 0 N–H and O–H groups in total. The van der Waals surface area contributed by atoms with Crippen molar-refractivity contribution in [2.24, 2.45) is 0 Å². The van der Waals surface area contributed by atoms with Crippen molar-refractivity contribution in [1.29, 1.82) is 0 Å². The van der Waals surface area contributed by atoms with Gasteiger partial charge in [-0.15, -0.1) is 0 Å². The number of ether oxygens (including phenoxy) is 1. The average Bonchev–Trinajstić information content (AvgIpc) is 3.67. The van der Waals surface area contributed by atoms with Gasteiger partial charge in [-0.05, 0) is 82.6 Å². The predicted molar refractivity (Wildman–Crippen MR) is 237 cm³/mol. The van der Waals surface area contributed by atoms with Crippen molar-refractivity contribution < 1.29 is 4.74 Å². The van der Waals surface area contributed by atoms with Crippen LogP contribution in [0.15, 0.2) is 218 Å². The number of benzene rings is 9. The van der Waals surface area contributed by atoms with Crippen molar-refractivity contribution in [3.63, 3.8) is 0 Å². The number of fused-ring (bicyclic) bond motifs is 7. The van der Waals surface area contributed by atoms with Crippen LogP contribution in [0.2, 0.25) is 0 Å². The summed E-state index contributed by atoms with van der Waals surface area (Å²) in [6.45, 7) is 0. The van der Waals surface area contributed by atoms with Gasteiger partial charge in [0.25, 0.3) is 0 Å². The van der Waals surface area contributed by atoms with Crippen molar-refractivity contribution in [2.75, 3.05) is 9.80 Å². The lowest BCUT2D eigenvalue weighted by Gasteiger charge is -2.35. The highest BCUT2D eigenvalue weighted by atomic mass is 16.5.